The lowest BCUT2D eigenvalue weighted by Gasteiger charge is -2.42. The summed E-state index contributed by atoms with van der Waals surface area (Å²) in [5.74, 6) is 0. The fourth-order valence-electron chi connectivity index (χ4n) is 6.91. The fourth-order valence-corrected chi connectivity index (χ4v) is 6.91. The zero-order valence-electron chi connectivity index (χ0n) is 19.9. The van der Waals surface area contributed by atoms with Gasteiger partial charge < -0.3 is 4.57 Å². The van der Waals surface area contributed by atoms with Crippen molar-refractivity contribution in [3.05, 3.63) is 120 Å². The molecule has 0 fully saturated rings. The highest BCUT2D eigenvalue weighted by Crippen LogP contribution is 2.41. The molecule has 6 aromatic rings. The topological polar surface area (TPSA) is 4.93 Å². The summed E-state index contributed by atoms with van der Waals surface area (Å²) < 4.78 is 2.55. The maximum Gasteiger partial charge on any atom is 0.247 e. The van der Waals surface area contributed by atoms with Gasteiger partial charge in [-0.3, -0.25) is 0 Å². The van der Waals surface area contributed by atoms with Gasteiger partial charge in [0, 0.05) is 27.4 Å². The van der Waals surface area contributed by atoms with Crippen LogP contribution in [-0.4, -0.2) is 11.3 Å². The van der Waals surface area contributed by atoms with Crippen LogP contribution < -0.4 is 16.4 Å². The maximum atomic E-state index is 2.55. The monoisotopic (exact) mass is 445 g/mol. The van der Waals surface area contributed by atoms with Gasteiger partial charge in [0.15, 0.2) is 0 Å². The van der Waals surface area contributed by atoms with Crippen LogP contribution in [-0.2, 0) is 5.41 Å². The fraction of sp³-hybridized carbons (Fsp3) is 0.0909. The molecular weight excluding hydrogens is 421 g/mol. The van der Waals surface area contributed by atoms with E-state index in [2.05, 4.69) is 128 Å². The number of fused-ring (bicyclic) bond motifs is 7. The summed E-state index contributed by atoms with van der Waals surface area (Å²) in [5, 5.41) is 2.67. The van der Waals surface area contributed by atoms with Gasteiger partial charge in [-0.1, -0.05) is 116 Å². The molecule has 0 atom stereocenters. The predicted octanol–water partition coefficient (Wildman–Crippen LogP) is 5.92. The van der Waals surface area contributed by atoms with Gasteiger partial charge in [0.25, 0.3) is 0 Å². The lowest BCUT2D eigenvalue weighted by atomic mass is 9.30. The van der Waals surface area contributed by atoms with Gasteiger partial charge in [0.2, 0.25) is 6.71 Å². The third-order valence-corrected chi connectivity index (χ3v) is 8.45. The number of hydrogen-bond acceptors (Lipinski definition) is 0. The quantitative estimate of drug-likeness (QED) is 0.277. The van der Waals surface area contributed by atoms with Crippen molar-refractivity contribution < 1.29 is 0 Å². The first kappa shape index (κ1) is 19.3. The minimum Gasteiger partial charge on any atom is -0.310 e. The molecule has 164 valence electrons. The Hall–Kier alpha value is -4.04. The van der Waals surface area contributed by atoms with Crippen LogP contribution >= 0.6 is 0 Å². The summed E-state index contributed by atoms with van der Waals surface area (Å²) in [6.07, 6.45) is 0. The van der Waals surface area contributed by atoms with Gasteiger partial charge in [0.1, 0.15) is 0 Å². The Morgan fingerprint density at radius 3 is 2.20 bits per heavy atom. The zero-order valence-corrected chi connectivity index (χ0v) is 19.9. The minimum atomic E-state index is -0.0870. The van der Waals surface area contributed by atoms with E-state index in [4.69, 9.17) is 0 Å². The second-order valence-electron chi connectivity index (χ2n) is 10.6. The largest absolute Gasteiger partial charge is 0.310 e. The van der Waals surface area contributed by atoms with Gasteiger partial charge in [-0.05, 0) is 45.3 Å². The number of nitrogens with zero attached hydrogens (tertiary/aromatic N) is 1. The van der Waals surface area contributed by atoms with E-state index in [9.17, 15) is 0 Å². The van der Waals surface area contributed by atoms with E-state index in [1.54, 1.807) is 0 Å². The van der Waals surface area contributed by atoms with Gasteiger partial charge >= 0.3 is 0 Å². The van der Waals surface area contributed by atoms with Gasteiger partial charge in [-0.25, -0.2) is 0 Å². The highest BCUT2D eigenvalue weighted by Gasteiger charge is 2.44. The standard InChI is InChI=1S/C33H24BN/c1-33(2)25-15-7-8-16-27(25)34-28-17-10-14-24-23-13-6-9-18-29(23)35(32(24)28)30-20-22(19-26(33)31(30)34)21-11-4-3-5-12-21/h3-20H,1-2H3. The van der Waals surface area contributed by atoms with Gasteiger partial charge in [-0.2, -0.15) is 0 Å². The van der Waals surface area contributed by atoms with Crippen molar-refractivity contribution in [2.45, 2.75) is 19.3 Å². The number of benzene rings is 5. The molecule has 35 heavy (non-hydrogen) atoms. The molecule has 0 spiro atoms. The van der Waals surface area contributed by atoms with Crippen molar-refractivity contribution in [2.24, 2.45) is 0 Å². The average molecular weight is 445 g/mol. The van der Waals surface area contributed by atoms with E-state index in [-0.39, 0.29) is 12.1 Å². The zero-order chi connectivity index (χ0) is 23.3. The van der Waals surface area contributed by atoms with Crippen molar-refractivity contribution >= 4 is 44.9 Å². The summed E-state index contributed by atoms with van der Waals surface area (Å²) in [7, 11) is 0. The Bertz CT molecular complexity index is 1820. The third-order valence-electron chi connectivity index (χ3n) is 8.45. The Balaban J connectivity index is 1.62. The first-order chi connectivity index (χ1) is 17.1. The molecule has 0 saturated heterocycles. The summed E-state index contributed by atoms with van der Waals surface area (Å²) in [6.45, 7) is 5.04. The molecule has 1 nitrogen and oxygen atoms in total. The minimum absolute atomic E-state index is 0.0870. The van der Waals surface area contributed by atoms with Crippen molar-refractivity contribution in [1.82, 2.24) is 4.57 Å². The van der Waals surface area contributed by atoms with Gasteiger partial charge in [-0.15, -0.1) is 0 Å². The van der Waals surface area contributed by atoms with Crippen LogP contribution in [0, 0.1) is 0 Å². The summed E-state index contributed by atoms with van der Waals surface area (Å²) >= 11 is 0. The molecule has 0 bridgehead atoms. The molecule has 2 heteroatoms. The normalized spacial score (nSPS) is 14.7. The van der Waals surface area contributed by atoms with E-state index in [1.165, 1.54) is 66.1 Å². The van der Waals surface area contributed by atoms with Gasteiger partial charge in [0.05, 0.1) is 5.52 Å². The SMILES string of the molecule is CC1(C)c2ccccc2B2c3c(cc(-c4ccccc4)cc31)-n1c3ccccc3c3cccc2c31. The molecule has 2 aliphatic heterocycles. The van der Waals surface area contributed by atoms with Crippen LogP contribution in [0.3, 0.4) is 0 Å². The van der Waals surface area contributed by atoms with Crippen LogP contribution in [0.1, 0.15) is 25.0 Å². The van der Waals surface area contributed by atoms with Crippen LogP contribution in [0.2, 0.25) is 0 Å². The van der Waals surface area contributed by atoms with Crippen LogP contribution in [0.25, 0.3) is 38.6 Å². The molecule has 2 aliphatic rings. The van der Waals surface area contributed by atoms with E-state index in [1.807, 2.05) is 0 Å². The molecule has 5 aromatic carbocycles. The van der Waals surface area contributed by atoms with E-state index in [0.717, 1.165) is 0 Å². The highest BCUT2D eigenvalue weighted by molar-refractivity contribution is 6.99. The number of rotatable bonds is 1. The Kier molecular flexibility index (Phi) is 3.61. The smallest absolute Gasteiger partial charge is 0.247 e. The second kappa shape index (κ2) is 6.55. The number of aromatic nitrogens is 1. The van der Waals surface area contributed by atoms with Crippen molar-refractivity contribution in [2.75, 3.05) is 0 Å². The molecule has 1 aromatic heterocycles. The van der Waals surface area contributed by atoms with Crippen molar-refractivity contribution in [3.63, 3.8) is 0 Å². The molecule has 0 radical (unpaired) electrons. The first-order valence-corrected chi connectivity index (χ1v) is 12.5. The molecular formula is C33H24BN. The molecule has 0 aliphatic carbocycles. The molecule has 0 saturated carbocycles. The Labute approximate surface area is 205 Å². The summed E-state index contributed by atoms with van der Waals surface area (Å²) in [5.41, 5.74) is 13.7. The van der Waals surface area contributed by atoms with E-state index >= 15 is 0 Å². The van der Waals surface area contributed by atoms with Crippen molar-refractivity contribution in [1.29, 1.82) is 0 Å². The Morgan fingerprint density at radius 2 is 1.31 bits per heavy atom. The summed E-state index contributed by atoms with van der Waals surface area (Å²) in [4.78, 5) is 0. The predicted molar refractivity (Wildman–Crippen MR) is 149 cm³/mol. The van der Waals surface area contributed by atoms with Crippen LogP contribution in [0.4, 0.5) is 0 Å². The Morgan fingerprint density at radius 1 is 0.600 bits per heavy atom. The maximum absolute atomic E-state index is 2.55. The molecule has 3 heterocycles. The second-order valence-corrected chi connectivity index (χ2v) is 10.6. The average Bonchev–Trinajstić information content (AvgIpc) is 3.24. The molecule has 0 N–H and O–H groups in total. The van der Waals surface area contributed by atoms with E-state index < -0.39 is 0 Å². The molecule has 0 amide bonds. The summed E-state index contributed by atoms with van der Waals surface area (Å²) in [6, 6.07) is 40.7. The van der Waals surface area contributed by atoms with Crippen LogP contribution in [0.5, 0.6) is 0 Å². The number of para-hydroxylation sites is 2. The lowest BCUT2D eigenvalue weighted by Crippen LogP contribution is -2.63. The first-order valence-electron chi connectivity index (χ1n) is 12.5. The lowest BCUT2D eigenvalue weighted by molar-refractivity contribution is 0.645. The van der Waals surface area contributed by atoms with Crippen LogP contribution in [0.15, 0.2) is 109 Å². The number of hydrogen-bond donors (Lipinski definition) is 0. The highest BCUT2D eigenvalue weighted by atomic mass is 15.0. The third kappa shape index (κ3) is 2.35. The molecule has 0 unspecified atom stereocenters. The molecule has 8 rings (SSSR count). The van der Waals surface area contributed by atoms with E-state index in [0.29, 0.717) is 0 Å². The van der Waals surface area contributed by atoms with Crippen molar-refractivity contribution in [3.8, 4) is 16.8 Å².